The molecule has 0 saturated carbocycles. The molecule has 0 aromatic carbocycles. The Labute approximate surface area is 134 Å². The number of hydrazine groups is 1. The Morgan fingerprint density at radius 2 is 1.38 bits per heavy atom. The zero-order valence-corrected chi connectivity index (χ0v) is 13.9. The van der Waals surface area contributed by atoms with Gasteiger partial charge in [0, 0.05) is 6.54 Å². The molecular formula is C15H29N5S. The second-order valence-electron chi connectivity index (χ2n) is 6.51. The Bertz CT molecular complexity index is 339. The van der Waals surface area contributed by atoms with Crippen molar-refractivity contribution in [2.45, 2.75) is 38.5 Å². The van der Waals surface area contributed by atoms with Crippen molar-refractivity contribution >= 4 is 17.3 Å². The van der Waals surface area contributed by atoms with E-state index < -0.39 is 0 Å². The highest BCUT2D eigenvalue weighted by molar-refractivity contribution is 7.80. The van der Waals surface area contributed by atoms with E-state index in [1.165, 1.54) is 64.7 Å². The number of hydrogen-bond donors (Lipinski definition) is 1. The minimum Gasteiger partial charge on any atom is -0.333 e. The minimum atomic E-state index is 0.942. The van der Waals surface area contributed by atoms with Gasteiger partial charge in [-0.1, -0.05) is 12.8 Å². The van der Waals surface area contributed by atoms with E-state index in [0.29, 0.717) is 0 Å². The summed E-state index contributed by atoms with van der Waals surface area (Å²) in [7, 11) is 0. The van der Waals surface area contributed by atoms with E-state index in [9.17, 15) is 0 Å². The van der Waals surface area contributed by atoms with Gasteiger partial charge in [-0.3, -0.25) is 14.8 Å². The maximum absolute atomic E-state index is 5.64. The fraction of sp³-hybridized carbons (Fsp3) is 0.933. The number of rotatable bonds is 5. The van der Waals surface area contributed by atoms with Crippen molar-refractivity contribution < 1.29 is 0 Å². The summed E-state index contributed by atoms with van der Waals surface area (Å²) in [5.74, 6) is 0. The predicted octanol–water partition coefficient (Wildman–Crippen LogP) is 1.28. The van der Waals surface area contributed by atoms with E-state index in [1.54, 1.807) is 0 Å². The summed E-state index contributed by atoms with van der Waals surface area (Å²) in [6, 6.07) is 0. The molecule has 3 fully saturated rings. The van der Waals surface area contributed by atoms with Crippen molar-refractivity contribution in [3.05, 3.63) is 0 Å². The second-order valence-corrected chi connectivity index (χ2v) is 6.88. The SMILES string of the molecule is S=C1N(CN2CCCCC2)CCN1NCN1CCCCC1. The van der Waals surface area contributed by atoms with Gasteiger partial charge in [0.15, 0.2) is 5.11 Å². The van der Waals surface area contributed by atoms with Gasteiger partial charge in [0.25, 0.3) is 0 Å². The standard InChI is InChI=1S/C15H29N5S/c21-15-19(14-18-9-5-2-6-10-18)11-12-20(15)16-13-17-7-3-1-4-8-17/h16H,1-14H2. The summed E-state index contributed by atoms with van der Waals surface area (Å²) in [4.78, 5) is 7.40. The Morgan fingerprint density at radius 3 is 2.05 bits per heavy atom. The summed E-state index contributed by atoms with van der Waals surface area (Å²) in [6.07, 6.45) is 8.15. The first-order chi connectivity index (χ1) is 10.3. The molecule has 0 radical (unpaired) electrons. The predicted molar refractivity (Wildman–Crippen MR) is 89.7 cm³/mol. The monoisotopic (exact) mass is 311 g/mol. The zero-order chi connectivity index (χ0) is 14.5. The molecule has 6 heteroatoms. The van der Waals surface area contributed by atoms with Gasteiger partial charge in [-0.2, -0.15) is 0 Å². The molecule has 0 aliphatic carbocycles. The summed E-state index contributed by atoms with van der Waals surface area (Å²) in [5, 5.41) is 3.16. The average Bonchev–Trinajstić information content (AvgIpc) is 2.88. The Morgan fingerprint density at radius 1 is 0.762 bits per heavy atom. The lowest BCUT2D eigenvalue weighted by atomic mass is 10.1. The van der Waals surface area contributed by atoms with Crippen LogP contribution in [0.4, 0.5) is 0 Å². The van der Waals surface area contributed by atoms with Crippen LogP contribution >= 0.6 is 12.2 Å². The van der Waals surface area contributed by atoms with Crippen molar-refractivity contribution in [2.24, 2.45) is 0 Å². The van der Waals surface area contributed by atoms with Crippen molar-refractivity contribution in [1.29, 1.82) is 0 Å². The number of piperidine rings is 2. The molecule has 21 heavy (non-hydrogen) atoms. The summed E-state index contributed by atoms with van der Waals surface area (Å²) in [5.41, 5.74) is 3.53. The van der Waals surface area contributed by atoms with E-state index in [1.807, 2.05) is 0 Å². The minimum absolute atomic E-state index is 0.942. The van der Waals surface area contributed by atoms with E-state index in [2.05, 4.69) is 25.1 Å². The Balaban J connectivity index is 1.40. The highest BCUT2D eigenvalue weighted by Crippen LogP contribution is 2.13. The zero-order valence-electron chi connectivity index (χ0n) is 13.1. The lowest BCUT2D eigenvalue weighted by molar-refractivity contribution is 0.163. The molecule has 0 unspecified atom stereocenters. The number of likely N-dealkylation sites (tertiary alicyclic amines) is 2. The third-order valence-corrected chi connectivity index (χ3v) is 5.33. The first kappa shape index (κ1) is 15.5. The number of nitrogens with zero attached hydrogens (tertiary/aromatic N) is 4. The molecule has 0 bridgehead atoms. The summed E-state index contributed by atoms with van der Waals surface area (Å²) < 4.78 is 0. The maximum Gasteiger partial charge on any atom is 0.187 e. The van der Waals surface area contributed by atoms with E-state index >= 15 is 0 Å². The first-order valence-electron chi connectivity index (χ1n) is 8.57. The summed E-state index contributed by atoms with van der Waals surface area (Å²) >= 11 is 5.64. The molecule has 0 spiro atoms. The fourth-order valence-electron chi connectivity index (χ4n) is 3.51. The number of hydrogen-bond acceptors (Lipinski definition) is 4. The van der Waals surface area contributed by atoms with E-state index in [0.717, 1.165) is 31.5 Å². The van der Waals surface area contributed by atoms with Gasteiger partial charge in [-0.25, -0.2) is 5.43 Å². The Hall–Kier alpha value is -0.430. The normalized spacial score (nSPS) is 25.8. The molecule has 120 valence electrons. The molecule has 3 heterocycles. The number of thiocarbonyl (C=S) groups is 1. The highest BCUT2D eigenvalue weighted by atomic mass is 32.1. The fourth-order valence-corrected chi connectivity index (χ4v) is 3.81. The Kier molecular flexibility index (Phi) is 5.68. The van der Waals surface area contributed by atoms with Crippen LogP contribution in [0, 0.1) is 0 Å². The van der Waals surface area contributed by atoms with Crippen LogP contribution in [0.2, 0.25) is 0 Å². The lowest BCUT2D eigenvalue weighted by Gasteiger charge is -2.32. The molecule has 3 rings (SSSR count). The molecule has 0 amide bonds. The van der Waals surface area contributed by atoms with Crippen LogP contribution in [0.15, 0.2) is 0 Å². The average molecular weight is 311 g/mol. The van der Waals surface area contributed by atoms with Crippen LogP contribution in [0.1, 0.15) is 38.5 Å². The van der Waals surface area contributed by atoms with Gasteiger partial charge in [-0.15, -0.1) is 0 Å². The van der Waals surface area contributed by atoms with Crippen LogP contribution in [0.25, 0.3) is 0 Å². The molecule has 3 aliphatic rings. The molecular weight excluding hydrogens is 282 g/mol. The van der Waals surface area contributed by atoms with Crippen molar-refractivity contribution in [1.82, 2.24) is 25.1 Å². The van der Waals surface area contributed by atoms with Gasteiger partial charge < -0.3 is 4.90 Å². The molecule has 1 N–H and O–H groups in total. The van der Waals surface area contributed by atoms with Crippen molar-refractivity contribution in [3.8, 4) is 0 Å². The third-order valence-electron chi connectivity index (χ3n) is 4.85. The molecule has 0 atom stereocenters. The van der Waals surface area contributed by atoms with Crippen LogP contribution < -0.4 is 5.43 Å². The molecule has 0 aromatic heterocycles. The number of nitrogens with one attached hydrogen (secondary N) is 1. The van der Waals surface area contributed by atoms with E-state index in [-0.39, 0.29) is 0 Å². The molecule has 3 saturated heterocycles. The van der Waals surface area contributed by atoms with Gasteiger partial charge >= 0.3 is 0 Å². The molecule has 5 nitrogen and oxygen atoms in total. The van der Waals surface area contributed by atoms with E-state index in [4.69, 9.17) is 12.2 Å². The molecule has 3 aliphatic heterocycles. The second kappa shape index (κ2) is 7.72. The van der Waals surface area contributed by atoms with Gasteiger partial charge in [0.2, 0.25) is 0 Å². The van der Waals surface area contributed by atoms with Gasteiger partial charge in [-0.05, 0) is 64.1 Å². The van der Waals surface area contributed by atoms with Gasteiger partial charge in [0.05, 0.1) is 19.9 Å². The van der Waals surface area contributed by atoms with Gasteiger partial charge in [0.1, 0.15) is 0 Å². The van der Waals surface area contributed by atoms with Crippen molar-refractivity contribution in [2.75, 3.05) is 52.6 Å². The van der Waals surface area contributed by atoms with Crippen LogP contribution in [0.5, 0.6) is 0 Å². The summed E-state index contributed by atoms with van der Waals surface area (Å²) in [6.45, 7) is 8.96. The van der Waals surface area contributed by atoms with Crippen LogP contribution in [-0.2, 0) is 0 Å². The quantitative estimate of drug-likeness (QED) is 0.768. The van der Waals surface area contributed by atoms with Crippen LogP contribution in [-0.4, -0.2) is 77.4 Å². The topological polar surface area (TPSA) is 25.0 Å². The maximum atomic E-state index is 5.64. The van der Waals surface area contributed by atoms with Crippen LogP contribution in [0.3, 0.4) is 0 Å². The molecule has 0 aromatic rings. The van der Waals surface area contributed by atoms with Crippen molar-refractivity contribution in [3.63, 3.8) is 0 Å². The first-order valence-corrected chi connectivity index (χ1v) is 8.98. The highest BCUT2D eigenvalue weighted by Gasteiger charge is 2.27. The third kappa shape index (κ3) is 4.28. The lowest BCUT2D eigenvalue weighted by Crippen LogP contribution is -2.49. The smallest absolute Gasteiger partial charge is 0.187 e. The largest absolute Gasteiger partial charge is 0.333 e.